The maximum atomic E-state index is 13.7. The number of benzene rings is 3. The third kappa shape index (κ3) is 6.64. The van der Waals surface area contributed by atoms with Crippen molar-refractivity contribution in [3.8, 4) is 0 Å². The average molecular weight is 539 g/mol. The molecule has 8 heteroatoms. The molecule has 3 aromatic rings. The van der Waals surface area contributed by atoms with Gasteiger partial charge in [-0.25, -0.2) is 13.6 Å². The molecule has 0 aromatic heterocycles. The first-order chi connectivity index (χ1) is 18.8. The predicted molar refractivity (Wildman–Crippen MR) is 145 cm³/mol. The number of hydrogen-bond donors (Lipinski definition) is 2. The van der Waals surface area contributed by atoms with E-state index in [1.807, 2.05) is 67.6 Å². The molecule has 3 N–H and O–H groups in total. The van der Waals surface area contributed by atoms with Crippen molar-refractivity contribution in [2.24, 2.45) is 5.73 Å². The normalized spacial score (nSPS) is 21.9. The summed E-state index contributed by atoms with van der Waals surface area (Å²) in [6.07, 6.45) is -0.211. The molecule has 1 fully saturated rings. The fraction of sp³-hybridized carbons (Fsp3) is 0.387. The molecule has 208 valence electrons. The predicted octanol–water partition coefficient (Wildman–Crippen LogP) is 5.72. The third-order valence-electron chi connectivity index (χ3n) is 7.50. The number of halogens is 2. The van der Waals surface area contributed by atoms with E-state index in [0.29, 0.717) is 29.5 Å². The fourth-order valence-electron chi connectivity index (χ4n) is 5.12. The minimum absolute atomic E-state index is 0.0626. The van der Waals surface area contributed by atoms with Crippen molar-refractivity contribution in [3.05, 3.63) is 107 Å². The molecule has 0 aliphatic carbocycles. The number of nitrogens with zero attached hydrogens (tertiary/aromatic N) is 1. The zero-order valence-corrected chi connectivity index (χ0v) is 22.2. The van der Waals surface area contributed by atoms with Gasteiger partial charge in [-0.05, 0) is 47.6 Å². The number of alkyl halides is 2. The number of carbonyl (C=O) groups excluding carboxylic acids is 1. The van der Waals surface area contributed by atoms with Crippen LogP contribution in [0.4, 0.5) is 13.6 Å². The van der Waals surface area contributed by atoms with Crippen LogP contribution in [0, 0.1) is 0 Å². The quantitative estimate of drug-likeness (QED) is 0.345. The summed E-state index contributed by atoms with van der Waals surface area (Å²) >= 11 is 0. The van der Waals surface area contributed by atoms with Gasteiger partial charge >= 0.3 is 6.09 Å². The number of likely N-dealkylation sites (tertiary alicyclic amines) is 1. The van der Waals surface area contributed by atoms with Crippen molar-refractivity contribution in [2.45, 2.75) is 56.9 Å². The lowest BCUT2D eigenvalue weighted by Gasteiger charge is -2.52. The van der Waals surface area contributed by atoms with Crippen LogP contribution in [-0.2, 0) is 35.0 Å². The molecular formula is C31H36F2N2O4. The number of hydrogen-bond acceptors (Lipinski definition) is 5. The molecule has 1 amide bonds. The van der Waals surface area contributed by atoms with Crippen LogP contribution in [0.25, 0.3) is 0 Å². The zero-order chi connectivity index (χ0) is 27.9. The van der Waals surface area contributed by atoms with Gasteiger partial charge in [-0.15, -0.1) is 0 Å². The highest BCUT2D eigenvalue weighted by molar-refractivity contribution is 5.70. The second-order valence-electron chi connectivity index (χ2n) is 10.3. The molecule has 0 saturated carbocycles. The molecule has 39 heavy (non-hydrogen) atoms. The molecule has 3 aromatic carbocycles. The minimum Gasteiger partial charge on any atom is -0.445 e. The van der Waals surface area contributed by atoms with E-state index < -0.39 is 36.6 Å². The molecule has 4 rings (SSSR count). The standard InChI is InChI=1S/C31H36F2N2O4/c1-23(27-15-25(17-32)14-26(16-27)18-33)39-22-31(28-10-6-3-7-11-28)13-12-30(34,21-36)20-35(31)29(37)38-19-24-8-4-2-5-9-24/h2-11,14-16,23,36H,12-13,17-22,34H2,1H3/t23-,30?,31-/m1/s1. The van der Waals surface area contributed by atoms with E-state index in [0.717, 1.165) is 11.1 Å². The molecule has 1 saturated heterocycles. The monoisotopic (exact) mass is 538 g/mol. The summed E-state index contributed by atoms with van der Waals surface area (Å²) in [6.45, 7) is 0.346. The fourth-order valence-corrected chi connectivity index (χ4v) is 5.12. The van der Waals surface area contributed by atoms with E-state index in [4.69, 9.17) is 15.2 Å². The van der Waals surface area contributed by atoms with Crippen molar-refractivity contribution in [1.29, 1.82) is 0 Å². The Labute approximate surface area is 228 Å². The Bertz CT molecular complexity index is 1210. The number of nitrogens with two attached hydrogens (primary N) is 1. The van der Waals surface area contributed by atoms with E-state index >= 15 is 0 Å². The molecule has 6 nitrogen and oxygen atoms in total. The summed E-state index contributed by atoms with van der Waals surface area (Å²) < 4.78 is 39.0. The summed E-state index contributed by atoms with van der Waals surface area (Å²) in [5.74, 6) is 0. The van der Waals surface area contributed by atoms with Gasteiger partial charge in [0.05, 0.1) is 30.4 Å². The molecule has 0 radical (unpaired) electrons. The second-order valence-corrected chi connectivity index (χ2v) is 10.3. The minimum atomic E-state index is -0.999. The second kappa shape index (κ2) is 12.7. The zero-order valence-electron chi connectivity index (χ0n) is 22.2. The van der Waals surface area contributed by atoms with E-state index in [1.165, 1.54) is 6.07 Å². The van der Waals surface area contributed by atoms with E-state index in [9.17, 15) is 18.7 Å². The molecule has 1 aliphatic rings. The highest BCUT2D eigenvalue weighted by Gasteiger charge is 2.50. The van der Waals surface area contributed by atoms with Crippen molar-refractivity contribution in [1.82, 2.24) is 4.90 Å². The highest BCUT2D eigenvalue weighted by Crippen LogP contribution is 2.42. The summed E-state index contributed by atoms with van der Waals surface area (Å²) in [5.41, 5.74) is 7.65. The van der Waals surface area contributed by atoms with E-state index in [-0.39, 0.29) is 26.4 Å². The summed E-state index contributed by atoms with van der Waals surface area (Å²) in [6, 6.07) is 23.7. The number of amides is 1. The number of ether oxygens (including phenoxy) is 2. The van der Waals surface area contributed by atoms with E-state index in [1.54, 1.807) is 17.0 Å². The van der Waals surface area contributed by atoms with Crippen molar-refractivity contribution in [3.63, 3.8) is 0 Å². The highest BCUT2D eigenvalue weighted by atomic mass is 19.1. The number of piperidine rings is 1. The SMILES string of the molecule is C[C@@H](OC[C@@]1(c2ccccc2)CCC(N)(CO)CN1C(=O)OCc1ccccc1)c1cc(CF)cc(CF)c1. The molecule has 1 aliphatic heterocycles. The first-order valence-corrected chi connectivity index (χ1v) is 13.1. The molecule has 1 heterocycles. The maximum Gasteiger partial charge on any atom is 0.410 e. The first kappa shape index (κ1) is 28.7. The lowest BCUT2D eigenvalue weighted by atomic mass is 9.75. The van der Waals surface area contributed by atoms with Gasteiger partial charge in [0.15, 0.2) is 0 Å². The average Bonchev–Trinajstić information content (AvgIpc) is 2.99. The third-order valence-corrected chi connectivity index (χ3v) is 7.50. The Balaban J connectivity index is 1.66. The summed E-state index contributed by atoms with van der Waals surface area (Å²) in [4.78, 5) is 15.2. The Morgan fingerprint density at radius 1 is 0.974 bits per heavy atom. The van der Waals surface area contributed by atoms with Gasteiger partial charge in [-0.1, -0.05) is 78.9 Å². The number of rotatable bonds is 10. The van der Waals surface area contributed by atoms with Crippen LogP contribution >= 0.6 is 0 Å². The number of aliphatic hydroxyl groups excluding tert-OH is 1. The molecule has 0 spiro atoms. The number of carbonyl (C=O) groups is 1. The van der Waals surface area contributed by atoms with Crippen LogP contribution < -0.4 is 5.73 Å². The molecule has 0 bridgehead atoms. The lowest BCUT2D eigenvalue weighted by Crippen LogP contribution is -2.66. The Hall–Kier alpha value is -3.33. The van der Waals surface area contributed by atoms with Crippen molar-refractivity contribution in [2.75, 3.05) is 19.8 Å². The van der Waals surface area contributed by atoms with Gasteiger partial charge in [0.1, 0.15) is 20.0 Å². The van der Waals surface area contributed by atoms with Crippen LogP contribution in [0.2, 0.25) is 0 Å². The van der Waals surface area contributed by atoms with Gasteiger partial charge in [0.2, 0.25) is 0 Å². The van der Waals surface area contributed by atoms with Crippen molar-refractivity contribution < 1.29 is 28.2 Å². The van der Waals surface area contributed by atoms with Crippen LogP contribution in [0.3, 0.4) is 0 Å². The van der Waals surface area contributed by atoms with Crippen molar-refractivity contribution >= 4 is 6.09 Å². The number of aliphatic hydroxyl groups is 1. The lowest BCUT2D eigenvalue weighted by molar-refractivity contribution is -0.0751. The van der Waals surface area contributed by atoms with Gasteiger partial charge < -0.3 is 20.3 Å². The van der Waals surface area contributed by atoms with E-state index in [2.05, 4.69) is 0 Å². The van der Waals surface area contributed by atoms with Crippen LogP contribution in [0.1, 0.15) is 53.7 Å². The first-order valence-electron chi connectivity index (χ1n) is 13.1. The maximum absolute atomic E-state index is 13.7. The van der Waals surface area contributed by atoms with Crippen LogP contribution in [-0.4, -0.2) is 41.4 Å². The Morgan fingerprint density at radius 3 is 2.18 bits per heavy atom. The molecular weight excluding hydrogens is 502 g/mol. The van der Waals surface area contributed by atoms with Crippen LogP contribution in [0.15, 0.2) is 78.9 Å². The summed E-state index contributed by atoms with van der Waals surface area (Å²) in [7, 11) is 0. The van der Waals surface area contributed by atoms with Gasteiger partial charge in [-0.2, -0.15) is 0 Å². The van der Waals surface area contributed by atoms with Crippen LogP contribution in [0.5, 0.6) is 0 Å². The molecule has 3 atom stereocenters. The smallest absolute Gasteiger partial charge is 0.410 e. The molecule has 1 unspecified atom stereocenters. The largest absolute Gasteiger partial charge is 0.445 e. The van der Waals surface area contributed by atoms with Gasteiger partial charge in [0, 0.05) is 6.54 Å². The summed E-state index contributed by atoms with van der Waals surface area (Å²) in [5, 5.41) is 10.1. The Morgan fingerprint density at radius 2 is 1.59 bits per heavy atom. The topological polar surface area (TPSA) is 85.0 Å². The van der Waals surface area contributed by atoms with Gasteiger partial charge in [-0.3, -0.25) is 4.90 Å². The Kier molecular flexibility index (Phi) is 9.32. The van der Waals surface area contributed by atoms with Gasteiger partial charge in [0.25, 0.3) is 0 Å².